The Morgan fingerprint density at radius 1 is 1.08 bits per heavy atom. The van der Waals surface area contributed by atoms with Crippen molar-refractivity contribution in [2.75, 3.05) is 59.1 Å². The van der Waals surface area contributed by atoms with E-state index in [9.17, 15) is 8.42 Å². The van der Waals surface area contributed by atoms with Gasteiger partial charge in [0.1, 0.15) is 0 Å². The maximum absolute atomic E-state index is 11.5. The van der Waals surface area contributed by atoms with Gasteiger partial charge in [-0.15, -0.1) is 24.0 Å². The van der Waals surface area contributed by atoms with Gasteiger partial charge < -0.3 is 15.5 Å². The summed E-state index contributed by atoms with van der Waals surface area (Å²) in [6.45, 7) is 6.51. The van der Waals surface area contributed by atoms with E-state index in [0.29, 0.717) is 19.0 Å². The third kappa shape index (κ3) is 8.40. The Kier molecular flexibility index (Phi) is 10.6. The van der Waals surface area contributed by atoms with Crippen LogP contribution in [0.25, 0.3) is 0 Å². The molecule has 2 fully saturated rings. The summed E-state index contributed by atoms with van der Waals surface area (Å²) in [5, 5.41) is 6.76. The van der Waals surface area contributed by atoms with Crippen LogP contribution in [-0.2, 0) is 10.0 Å². The molecule has 0 amide bonds. The number of hydrogen-bond donors (Lipinski definition) is 2. The standard InChI is InChI=1S/C16H33N5O2S.HI/c1-17-16(18-8-13-20-9-4-3-5-10-20)19-14-15-6-11-21(12-7-15)24(2,22)23;/h15H,3-14H2,1-2H3,(H2,17,18,19);1H. The van der Waals surface area contributed by atoms with Gasteiger partial charge in [-0.3, -0.25) is 4.99 Å². The molecule has 0 aromatic rings. The third-order valence-corrected chi connectivity index (χ3v) is 6.30. The molecule has 2 aliphatic rings. The number of guanidine groups is 1. The van der Waals surface area contributed by atoms with Gasteiger partial charge in [-0.2, -0.15) is 0 Å². The molecule has 0 atom stereocenters. The van der Waals surface area contributed by atoms with Crippen LogP contribution in [0.15, 0.2) is 4.99 Å². The number of likely N-dealkylation sites (tertiary alicyclic amines) is 1. The highest BCUT2D eigenvalue weighted by atomic mass is 127. The predicted octanol–water partition coefficient (Wildman–Crippen LogP) is 0.927. The lowest BCUT2D eigenvalue weighted by molar-refractivity contribution is 0.232. The summed E-state index contributed by atoms with van der Waals surface area (Å²) in [5.41, 5.74) is 0. The number of hydrogen-bond acceptors (Lipinski definition) is 4. The van der Waals surface area contributed by atoms with Crippen molar-refractivity contribution in [1.29, 1.82) is 0 Å². The largest absolute Gasteiger partial charge is 0.356 e. The molecular weight excluding hydrogens is 453 g/mol. The van der Waals surface area contributed by atoms with Crippen LogP contribution in [0.2, 0.25) is 0 Å². The van der Waals surface area contributed by atoms with Crippen LogP contribution < -0.4 is 10.6 Å². The Morgan fingerprint density at radius 3 is 2.28 bits per heavy atom. The van der Waals surface area contributed by atoms with Crippen LogP contribution >= 0.6 is 24.0 Å². The van der Waals surface area contributed by atoms with Crippen molar-refractivity contribution in [1.82, 2.24) is 19.8 Å². The molecule has 2 rings (SSSR count). The summed E-state index contributed by atoms with van der Waals surface area (Å²) >= 11 is 0. The Labute approximate surface area is 170 Å². The van der Waals surface area contributed by atoms with Crippen LogP contribution in [0.3, 0.4) is 0 Å². The molecule has 148 valence electrons. The number of nitrogens with one attached hydrogen (secondary N) is 2. The summed E-state index contributed by atoms with van der Waals surface area (Å²) in [7, 11) is -1.24. The average molecular weight is 487 g/mol. The van der Waals surface area contributed by atoms with E-state index < -0.39 is 10.0 Å². The zero-order valence-electron chi connectivity index (χ0n) is 15.5. The molecular formula is C16H34IN5O2S. The quantitative estimate of drug-likeness (QED) is 0.331. The number of nitrogens with zero attached hydrogens (tertiary/aromatic N) is 3. The second-order valence-corrected chi connectivity index (χ2v) is 8.87. The molecule has 0 bridgehead atoms. The number of halogens is 1. The fourth-order valence-electron chi connectivity index (χ4n) is 3.42. The molecule has 0 unspecified atom stereocenters. The Morgan fingerprint density at radius 2 is 1.72 bits per heavy atom. The van der Waals surface area contributed by atoms with Crippen molar-refractivity contribution in [3.63, 3.8) is 0 Å². The van der Waals surface area contributed by atoms with Crippen LogP contribution in [0.1, 0.15) is 32.1 Å². The number of sulfonamides is 1. The lowest BCUT2D eigenvalue weighted by Crippen LogP contribution is -2.45. The second-order valence-electron chi connectivity index (χ2n) is 6.89. The third-order valence-electron chi connectivity index (χ3n) is 4.99. The summed E-state index contributed by atoms with van der Waals surface area (Å²) in [6.07, 6.45) is 7.11. The Bertz CT molecular complexity index is 501. The summed E-state index contributed by atoms with van der Waals surface area (Å²) < 4.78 is 24.6. The summed E-state index contributed by atoms with van der Waals surface area (Å²) in [6, 6.07) is 0. The zero-order valence-corrected chi connectivity index (χ0v) is 18.7. The lowest BCUT2D eigenvalue weighted by Gasteiger charge is -2.30. The molecule has 2 heterocycles. The van der Waals surface area contributed by atoms with E-state index in [1.54, 1.807) is 11.4 Å². The van der Waals surface area contributed by atoms with Crippen LogP contribution in [0, 0.1) is 5.92 Å². The first-order valence-corrected chi connectivity index (χ1v) is 11.0. The van der Waals surface area contributed by atoms with E-state index in [-0.39, 0.29) is 24.0 Å². The molecule has 0 spiro atoms. The SMILES string of the molecule is CN=C(NCCN1CCCCC1)NCC1CCN(S(C)(=O)=O)CC1.I. The molecule has 0 aromatic carbocycles. The molecule has 2 N–H and O–H groups in total. The van der Waals surface area contributed by atoms with Crippen molar-refractivity contribution >= 4 is 40.0 Å². The second kappa shape index (κ2) is 11.6. The van der Waals surface area contributed by atoms with Gasteiger partial charge in [0, 0.05) is 39.8 Å². The highest BCUT2D eigenvalue weighted by Crippen LogP contribution is 2.18. The average Bonchev–Trinajstić information content (AvgIpc) is 2.58. The molecule has 0 radical (unpaired) electrons. The molecule has 2 saturated heterocycles. The monoisotopic (exact) mass is 487 g/mol. The maximum atomic E-state index is 11.5. The molecule has 25 heavy (non-hydrogen) atoms. The molecule has 0 saturated carbocycles. The van der Waals surface area contributed by atoms with E-state index in [4.69, 9.17) is 0 Å². The van der Waals surface area contributed by atoms with Gasteiger partial charge in [0.05, 0.1) is 6.26 Å². The van der Waals surface area contributed by atoms with E-state index in [1.807, 2.05) is 0 Å². The smallest absolute Gasteiger partial charge is 0.211 e. The number of aliphatic imine (C=N–C) groups is 1. The lowest BCUT2D eigenvalue weighted by atomic mass is 9.98. The Hall–Kier alpha value is -0.130. The minimum atomic E-state index is -3.04. The highest BCUT2D eigenvalue weighted by Gasteiger charge is 2.24. The zero-order chi connectivity index (χ0) is 17.4. The van der Waals surface area contributed by atoms with Crippen LogP contribution in [-0.4, -0.2) is 82.7 Å². The van der Waals surface area contributed by atoms with Crippen molar-refractivity contribution in [2.45, 2.75) is 32.1 Å². The fourth-order valence-corrected chi connectivity index (χ4v) is 4.30. The number of rotatable bonds is 6. The van der Waals surface area contributed by atoms with Crippen molar-refractivity contribution in [3.05, 3.63) is 0 Å². The van der Waals surface area contributed by atoms with Gasteiger partial charge in [-0.05, 0) is 44.7 Å². The van der Waals surface area contributed by atoms with Gasteiger partial charge in [0.2, 0.25) is 10.0 Å². The Balaban J connectivity index is 0.00000312. The van der Waals surface area contributed by atoms with E-state index in [0.717, 1.165) is 38.4 Å². The van der Waals surface area contributed by atoms with Crippen LogP contribution in [0.5, 0.6) is 0 Å². The van der Waals surface area contributed by atoms with Crippen molar-refractivity contribution in [2.24, 2.45) is 10.9 Å². The minimum absolute atomic E-state index is 0. The van der Waals surface area contributed by atoms with Crippen molar-refractivity contribution in [3.8, 4) is 0 Å². The fraction of sp³-hybridized carbons (Fsp3) is 0.938. The molecule has 9 heteroatoms. The van der Waals surface area contributed by atoms with Gasteiger partial charge in [0.15, 0.2) is 5.96 Å². The van der Waals surface area contributed by atoms with Crippen LogP contribution in [0.4, 0.5) is 0 Å². The molecule has 2 aliphatic heterocycles. The first kappa shape index (κ1) is 22.9. The minimum Gasteiger partial charge on any atom is -0.356 e. The first-order valence-electron chi connectivity index (χ1n) is 9.11. The molecule has 0 aliphatic carbocycles. The van der Waals surface area contributed by atoms with E-state index in [1.165, 1.54) is 38.6 Å². The van der Waals surface area contributed by atoms with Gasteiger partial charge in [0.25, 0.3) is 0 Å². The van der Waals surface area contributed by atoms with E-state index >= 15 is 0 Å². The van der Waals surface area contributed by atoms with Gasteiger partial charge >= 0.3 is 0 Å². The van der Waals surface area contributed by atoms with Gasteiger partial charge in [-0.1, -0.05) is 6.42 Å². The van der Waals surface area contributed by atoms with Gasteiger partial charge in [-0.25, -0.2) is 12.7 Å². The topological polar surface area (TPSA) is 77.0 Å². The summed E-state index contributed by atoms with van der Waals surface area (Å²) in [5.74, 6) is 1.35. The number of piperidine rings is 2. The highest BCUT2D eigenvalue weighted by molar-refractivity contribution is 14.0. The first-order chi connectivity index (χ1) is 11.5. The molecule has 7 nitrogen and oxygen atoms in total. The van der Waals surface area contributed by atoms with E-state index in [2.05, 4.69) is 20.5 Å². The summed E-state index contributed by atoms with van der Waals surface area (Å²) in [4.78, 5) is 6.78. The predicted molar refractivity (Wildman–Crippen MR) is 114 cm³/mol. The van der Waals surface area contributed by atoms with Crippen molar-refractivity contribution < 1.29 is 8.42 Å². The molecule has 0 aromatic heterocycles. The maximum Gasteiger partial charge on any atom is 0.211 e. The normalized spacial score (nSPS) is 21.6.